The fourth-order valence-corrected chi connectivity index (χ4v) is 7.13. The highest BCUT2D eigenvalue weighted by molar-refractivity contribution is 5.78. The molecule has 0 bridgehead atoms. The predicted octanol–water partition coefficient (Wildman–Crippen LogP) is 5.48. The number of aryl methyl sites for hydroxylation is 2. The molecule has 3 N–H and O–H groups in total. The van der Waals surface area contributed by atoms with Crippen LogP contribution in [0, 0.1) is 43.2 Å². The van der Waals surface area contributed by atoms with E-state index < -0.39 is 28.8 Å². The van der Waals surface area contributed by atoms with Gasteiger partial charge in [-0.25, -0.2) is 13.8 Å². The second-order valence-electron chi connectivity index (χ2n) is 12.8. The summed E-state index contributed by atoms with van der Waals surface area (Å²) in [5, 5.41) is 30.3. The number of halogens is 2. The van der Waals surface area contributed by atoms with E-state index in [1.165, 1.54) is 6.07 Å². The highest BCUT2D eigenvalue weighted by atomic mass is 19.1. The molecule has 0 aliphatic heterocycles. The van der Waals surface area contributed by atoms with Crippen molar-refractivity contribution in [3.8, 4) is 22.8 Å². The summed E-state index contributed by atoms with van der Waals surface area (Å²) in [6, 6.07) is 7.72. The number of carboxylic acid groups (broad SMARTS) is 1. The number of nitrogens with zero attached hydrogens (tertiary/aromatic N) is 1. The van der Waals surface area contributed by atoms with Crippen LogP contribution >= 0.6 is 0 Å². The lowest BCUT2D eigenvalue weighted by Gasteiger charge is -2.31. The Labute approximate surface area is 243 Å². The minimum absolute atomic E-state index is 0.00910. The van der Waals surface area contributed by atoms with Crippen LogP contribution in [0.5, 0.6) is 11.6 Å². The summed E-state index contributed by atoms with van der Waals surface area (Å²) < 4.78 is 41.7. The number of benzene rings is 2. The second-order valence-corrected chi connectivity index (χ2v) is 12.8. The Morgan fingerprint density at radius 2 is 1.67 bits per heavy atom. The van der Waals surface area contributed by atoms with Crippen molar-refractivity contribution in [1.82, 2.24) is 4.98 Å². The molecule has 3 aromatic rings. The van der Waals surface area contributed by atoms with E-state index in [9.17, 15) is 24.5 Å². The smallest absolute Gasteiger partial charge is 0.307 e. The largest absolute Gasteiger partial charge is 0.493 e. The molecule has 0 amide bonds. The first-order valence-corrected chi connectivity index (χ1v) is 14.3. The number of hydrogen-bond donors (Lipinski definition) is 3. The van der Waals surface area contributed by atoms with Crippen LogP contribution in [0.2, 0.25) is 0 Å². The summed E-state index contributed by atoms with van der Waals surface area (Å²) in [5.41, 5.74) is 2.17. The number of hydrogen-bond acceptors (Lipinski definition) is 6. The first-order chi connectivity index (χ1) is 19.8. The van der Waals surface area contributed by atoms with Crippen LogP contribution in [-0.2, 0) is 17.8 Å². The van der Waals surface area contributed by atoms with Gasteiger partial charge in [0.25, 0.3) is 0 Å². The third-order valence-electron chi connectivity index (χ3n) is 9.57. The Morgan fingerprint density at radius 3 is 2.31 bits per heavy atom. The zero-order valence-electron chi connectivity index (χ0n) is 24.1. The second kappa shape index (κ2) is 10.0. The average Bonchev–Trinajstić information content (AvgIpc) is 3.41. The molecule has 3 aliphatic rings. The maximum atomic E-state index is 15.1. The van der Waals surface area contributed by atoms with E-state index in [0.29, 0.717) is 43.1 Å². The number of fused-ring (bicyclic) bond motifs is 3. The maximum Gasteiger partial charge on any atom is 0.307 e. The molecule has 1 heterocycles. The summed E-state index contributed by atoms with van der Waals surface area (Å²) in [6.07, 6.45) is 3.16. The molecule has 6 atom stereocenters. The summed E-state index contributed by atoms with van der Waals surface area (Å²) in [7, 11) is 0. The summed E-state index contributed by atoms with van der Waals surface area (Å²) in [5.74, 6) is -1.52. The number of carbonyl (C=O) groups is 1. The Hall–Kier alpha value is -3.56. The van der Waals surface area contributed by atoms with Gasteiger partial charge in [0.1, 0.15) is 24.0 Å². The molecule has 6 rings (SSSR count). The summed E-state index contributed by atoms with van der Waals surface area (Å²) in [4.78, 5) is 15.7. The first kappa shape index (κ1) is 28.6. The van der Waals surface area contributed by atoms with Crippen LogP contribution in [0.3, 0.4) is 0 Å². The fourth-order valence-electron chi connectivity index (χ4n) is 7.13. The van der Waals surface area contributed by atoms with Crippen LogP contribution < -0.4 is 9.47 Å². The molecule has 0 saturated heterocycles. The summed E-state index contributed by atoms with van der Waals surface area (Å²) >= 11 is 0. The van der Waals surface area contributed by atoms with Crippen molar-refractivity contribution in [2.75, 3.05) is 6.61 Å². The molecule has 0 unspecified atom stereocenters. The van der Waals surface area contributed by atoms with Gasteiger partial charge in [-0.2, -0.15) is 0 Å². The number of ether oxygens (including phenoxy) is 2. The van der Waals surface area contributed by atoms with E-state index in [1.54, 1.807) is 38.2 Å². The van der Waals surface area contributed by atoms with Crippen LogP contribution in [0.15, 0.2) is 36.5 Å². The van der Waals surface area contributed by atoms with Crippen molar-refractivity contribution in [1.29, 1.82) is 0 Å². The number of carboxylic acids is 1. The molecule has 1 aromatic heterocycles. The lowest BCUT2D eigenvalue weighted by molar-refractivity contribution is -0.139. The van der Waals surface area contributed by atoms with Gasteiger partial charge in [-0.3, -0.25) is 4.79 Å². The summed E-state index contributed by atoms with van der Waals surface area (Å²) in [6.45, 7) is 7.13. The van der Waals surface area contributed by atoms with E-state index in [1.807, 2.05) is 13.8 Å². The van der Waals surface area contributed by atoms with E-state index in [-0.39, 0.29) is 41.4 Å². The van der Waals surface area contributed by atoms with Gasteiger partial charge in [0, 0.05) is 35.4 Å². The minimum atomic E-state index is -1.18. The normalized spacial score (nSPS) is 29.2. The standard InChI is InChI=1S/C33H35F2NO6/c1-16-5-21(41-14-18-11-32(3,39)33(4,40)12-18)6-17(2)28(16)22-8-20(25(34)10-26(22)35)15-42-27-9-19-7-23-29(24(19)13-36-27)30(23)31(37)38/h5-6,8-10,13,18,23,29-30,39-40H,7,11-12,14-15H2,1-4H3,(H,37,38)/t18-,23-,29-,30+,32-,33+/m1/s1. The average molecular weight is 580 g/mol. The molecule has 9 heteroatoms. The van der Waals surface area contributed by atoms with Gasteiger partial charge in [-0.05, 0) is 105 Å². The van der Waals surface area contributed by atoms with E-state index >= 15 is 4.39 Å². The highest BCUT2D eigenvalue weighted by Gasteiger charge is 2.60. The Balaban J connectivity index is 1.16. The fraction of sp³-hybridized carbons (Fsp3) is 0.455. The molecule has 3 aliphatic carbocycles. The van der Waals surface area contributed by atoms with Gasteiger partial charge < -0.3 is 24.8 Å². The molecule has 2 saturated carbocycles. The zero-order valence-corrected chi connectivity index (χ0v) is 24.1. The number of rotatable bonds is 8. The van der Waals surface area contributed by atoms with Gasteiger partial charge in [-0.15, -0.1) is 0 Å². The van der Waals surface area contributed by atoms with Crippen molar-refractivity contribution in [3.05, 3.63) is 76.0 Å². The molecule has 222 valence electrons. The van der Waals surface area contributed by atoms with Crippen LogP contribution in [0.4, 0.5) is 8.78 Å². The monoisotopic (exact) mass is 579 g/mol. The van der Waals surface area contributed by atoms with Crippen molar-refractivity contribution in [2.24, 2.45) is 17.8 Å². The van der Waals surface area contributed by atoms with Gasteiger partial charge in [0.2, 0.25) is 5.88 Å². The number of aliphatic hydroxyl groups is 2. The van der Waals surface area contributed by atoms with Crippen LogP contribution in [-0.4, -0.2) is 44.1 Å². The van der Waals surface area contributed by atoms with Crippen molar-refractivity contribution in [3.63, 3.8) is 0 Å². The number of pyridine rings is 1. The Kier molecular flexibility index (Phi) is 6.81. The molecule has 2 aromatic carbocycles. The van der Waals surface area contributed by atoms with E-state index in [0.717, 1.165) is 28.3 Å². The molecule has 2 fully saturated rings. The van der Waals surface area contributed by atoms with Crippen LogP contribution in [0.1, 0.15) is 60.4 Å². The number of aromatic nitrogens is 1. The third kappa shape index (κ3) is 4.92. The molecule has 42 heavy (non-hydrogen) atoms. The maximum absolute atomic E-state index is 15.1. The van der Waals surface area contributed by atoms with Crippen molar-refractivity contribution < 1.29 is 38.4 Å². The molecular weight excluding hydrogens is 544 g/mol. The van der Waals surface area contributed by atoms with E-state index in [2.05, 4.69) is 4.98 Å². The minimum Gasteiger partial charge on any atom is -0.493 e. The van der Waals surface area contributed by atoms with Crippen molar-refractivity contribution in [2.45, 2.75) is 70.7 Å². The van der Waals surface area contributed by atoms with Gasteiger partial charge >= 0.3 is 5.97 Å². The third-order valence-corrected chi connectivity index (χ3v) is 9.57. The lowest BCUT2D eigenvalue weighted by atomic mass is 9.90. The van der Waals surface area contributed by atoms with E-state index in [4.69, 9.17) is 9.47 Å². The molecule has 7 nitrogen and oxygen atoms in total. The van der Waals surface area contributed by atoms with Gasteiger partial charge in [0.05, 0.1) is 23.7 Å². The predicted molar refractivity (Wildman–Crippen MR) is 150 cm³/mol. The topological polar surface area (TPSA) is 109 Å². The van der Waals surface area contributed by atoms with Gasteiger partial charge in [-0.1, -0.05) is 0 Å². The molecular formula is C33H35F2NO6. The SMILES string of the molecule is Cc1cc(OC[C@H]2C[C@](C)(O)[C@](C)(O)C2)cc(C)c1-c1cc(COc2cc3c(cn2)[C@H]2[C@@H](C3)[C@@H]2C(=O)O)c(F)cc1F. The molecule has 0 radical (unpaired) electrons. The lowest BCUT2D eigenvalue weighted by Crippen LogP contribution is -2.44. The quantitative estimate of drug-likeness (QED) is 0.324. The molecule has 0 spiro atoms. The first-order valence-electron chi connectivity index (χ1n) is 14.3. The Bertz CT molecular complexity index is 1550. The highest BCUT2D eigenvalue weighted by Crippen LogP contribution is 2.61. The van der Waals surface area contributed by atoms with Crippen molar-refractivity contribution >= 4 is 5.97 Å². The Morgan fingerprint density at radius 1 is 1.00 bits per heavy atom. The van der Waals surface area contributed by atoms with Gasteiger partial charge in [0.15, 0.2) is 0 Å². The zero-order chi connectivity index (χ0) is 30.1. The van der Waals surface area contributed by atoms with Crippen LogP contribution in [0.25, 0.3) is 11.1 Å². The number of aliphatic carboxylic acids is 1.